The Morgan fingerprint density at radius 1 is 1.23 bits per heavy atom. The summed E-state index contributed by atoms with van der Waals surface area (Å²) in [7, 11) is 1.49. The van der Waals surface area contributed by atoms with Crippen molar-refractivity contribution >= 4 is 40.8 Å². The van der Waals surface area contributed by atoms with Crippen LogP contribution in [0, 0.1) is 19.8 Å². The van der Waals surface area contributed by atoms with Gasteiger partial charge < -0.3 is 19.7 Å². The molecule has 1 saturated heterocycles. The number of hydrogen-bond donors (Lipinski definition) is 1. The number of aryl methyl sites for hydroxylation is 1. The van der Waals surface area contributed by atoms with Crippen molar-refractivity contribution in [3.05, 3.63) is 52.5 Å². The van der Waals surface area contributed by atoms with Crippen LogP contribution in [-0.4, -0.2) is 38.0 Å². The number of nitrogens with zero attached hydrogens (tertiary/aromatic N) is 1. The minimum Gasteiger partial charge on any atom is -0.495 e. The van der Waals surface area contributed by atoms with Crippen LogP contribution in [0.2, 0.25) is 5.02 Å². The SMILES string of the molecule is COc1ccc(Cl)cc1N1C[C@H](C(=O)OCC(=O)Nc2cccc(C)c2C)CC1=O. The van der Waals surface area contributed by atoms with Crippen LogP contribution in [-0.2, 0) is 19.1 Å². The Morgan fingerprint density at radius 3 is 2.73 bits per heavy atom. The fourth-order valence-electron chi connectivity index (χ4n) is 3.30. The highest BCUT2D eigenvalue weighted by atomic mass is 35.5. The smallest absolute Gasteiger partial charge is 0.311 e. The van der Waals surface area contributed by atoms with Gasteiger partial charge in [-0.15, -0.1) is 0 Å². The van der Waals surface area contributed by atoms with E-state index in [1.165, 1.54) is 12.0 Å². The van der Waals surface area contributed by atoms with E-state index in [9.17, 15) is 14.4 Å². The van der Waals surface area contributed by atoms with Gasteiger partial charge in [-0.25, -0.2) is 0 Å². The van der Waals surface area contributed by atoms with Gasteiger partial charge in [0.05, 0.1) is 18.7 Å². The summed E-state index contributed by atoms with van der Waals surface area (Å²) in [5, 5.41) is 3.19. The molecule has 7 nitrogen and oxygen atoms in total. The van der Waals surface area contributed by atoms with E-state index >= 15 is 0 Å². The third-order valence-corrected chi connectivity index (χ3v) is 5.35. The number of rotatable bonds is 6. The first kappa shape index (κ1) is 21.6. The zero-order valence-corrected chi connectivity index (χ0v) is 17.8. The van der Waals surface area contributed by atoms with Crippen molar-refractivity contribution in [1.82, 2.24) is 0 Å². The first-order valence-corrected chi connectivity index (χ1v) is 9.84. The molecule has 30 heavy (non-hydrogen) atoms. The summed E-state index contributed by atoms with van der Waals surface area (Å²) in [4.78, 5) is 38.5. The number of methoxy groups -OCH3 is 1. The highest BCUT2D eigenvalue weighted by Crippen LogP contribution is 2.35. The number of hydrogen-bond acceptors (Lipinski definition) is 5. The summed E-state index contributed by atoms with van der Waals surface area (Å²) in [6.45, 7) is 3.56. The minimum atomic E-state index is -0.672. The van der Waals surface area contributed by atoms with Crippen molar-refractivity contribution in [3.8, 4) is 5.75 Å². The summed E-state index contributed by atoms with van der Waals surface area (Å²) in [6, 6.07) is 10.5. The van der Waals surface area contributed by atoms with Crippen LogP contribution < -0.4 is 15.0 Å². The van der Waals surface area contributed by atoms with Crippen LogP contribution in [0.1, 0.15) is 17.5 Å². The van der Waals surface area contributed by atoms with Crippen LogP contribution in [0.3, 0.4) is 0 Å². The lowest BCUT2D eigenvalue weighted by Crippen LogP contribution is -2.28. The number of benzene rings is 2. The molecule has 2 aromatic rings. The number of anilines is 2. The first-order valence-electron chi connectivity index (χ1n) is 9.46. The zero-order valence-electron chi connectivity index (χ0n) is 17.0. The lowest BCUT2D eigenvalue weighted by Gasteiger charge is -2.19. The fourth-order valence-corrected chi connectivity index (χ4v) is 3.47. The van der Waals surface area contributed by atoms with Gasteiger partial charge >= 0.3 is 5.97 Å². The van der Waals surface area contributed by atoms with Crippen molar-refractivity contribution in [2.24, 2.45) is 5.92 Å². The van der Waals surface area contributed by atoms with Gasteiger partial charge in [0, 0.05) is 23.7 Å². The Bertz CT molecular complexity index is 991. The maximum absolute atomic E-state index is 12.5. The molecular formula is C22H23ClN2O5. The molecule has 0 aliphatic carbocycles. The quantitative estimate of drug-likeness (QED) is 0.709. The van der Waals surface area contributed by atoms with Gasteiger partial charge in [0.15, 0.2) is 6.61 Å². The molecule has 1 N–H and O–H groups in total. The number of amides is 2. The molecule has 1 heterocycles. The highest BCUT2D eigenvalue weighted by molar-refractivity contribution is 6.31. The van der Waals surface area contributed by atoms with E-state index in [0.29, 0.717) is 22.1 Å². The van der Waals surface area contributed by atoms with Crippen molar-refractivity contribution in [3.63, 3.8) is 0 Å². The average molecular weight is 431 g/mol. The van der Waals surface area contributed by atoms with E-state index in [2.05, 4.69) is 5.32 Å². The van der Waals surface area contributed by atoms with Gasteiger partial charge in [0.25, 0.3) is 5.91 Å². The average Bonchev–Trinajstić information content (AvgIpc) is 3.11. The maximum atomic E-state index is 12.5. The topological polar surface area (TPSA) is 84.9 Å². The van der Waals surface area contributed by atoms with Gasteiger partial charge in [-0.1, -0.05) is 23.7 Å². The number of esters is 1. The highest BCUT2D eigenvalue weighted by Gasteiger charge is 2.37. The lowest BCUT2D eigenvalue weighted by molar-refractivity contribution is -0.151. The van der Waals surface area contributed by atoms with Gasteiger partial charge in [-0.3, -0.25) is 14.4 Å². The first-order chi connectivity index (χ1) is 14.3. The molecular weight excluding hydrogens is 408 g/mol. The van der Waals surface area contributed by atoms with Gasteiger partial charge in [-0.2, -0.15) is 0 Å². The van der Waals surface area contributed by atoms with Crippen LogP contribution in [0.4, 0.5) is 11.4 Å². The Labute approximate surface area is 179 Å². The molecule has 8 heteroatoms. The molecule has 0 saturated carbocycles. The fraction of sp³-hybridized carbons (Fsp3) is 0.318. The number of carbonyl (C=O) groups excluding carboxylic acids is 3. The molecule has 0 aromatic heterocycles. The van der Waals surface area contributed by atoms with Gasteiger partial charge in [-0.05, 0) is 49.2 Å². The molecule has 1 aliphatic rings. The molecule has 2 aromatic carbocycles. The van der Waals surface area contributed by atoms with Crippen molar-refractivity contribution in [1.29, 1.82) is 0 Å². The number of halogens is 1. The summed E-state index contributed by atoms with van der Waals surface area (Å²) < 4.78 is 10.4. The molecule has 1 atom stereocenters. The summed E-state index contributed by atoms with van der Waals surface area (Å²) in [5.74, 6) is -1.46. The molecule has 3 rings (SSSR count). The predicted molar refractivity (Wildman–Crippen MR) is 114 cm³/mol. The van der Waals surface area contributed by atoms with Crippen molar-refractivity contribution in [2.45, 2.75) is 20.3 Å². The molecule has 0 spiro atoms. The second kappa shape index (κ2) is 9.17. The molecule has 0 bridgehead atoms. The van der Waals surface area contributed by atoms with Crippen LogP contribution in [0.5, 0.6) is 5.75 Å². The summed E-state index contributed by atoms with van der Waals surface area (Å²) in [6.07, 6.45) is -0.00684. The second-order valence-electron chi connectivity index (χ2n) is 7.12. The molecule has 0 unspecified atom stereocenters. The van der Waals surface area contributed by atoms with E-state index in [0.717, 1.165) is 11.1 Å². The zero-order chi connectivity index (χ0) is 21.8. The predicted octanol–water partition coefficient (Wildman–Crippen LogP) is 3.50. The lowest BCUT2D eigenvalue weighted by atomic mass is 10.1. The normalized spacial score (nSPS) is 15.8. The van der Waals surface area contributed by atoms with Gasteiger partial charge in [0.2, 0.25) is 5.91 Å². The number of nitrogens with one attached hydrogen (secondary N) is 1. The molecule has 2 amide bonds. The standard InChI is InChI=1S/C22H23ClN2O5/c1-13-5-4-6-17(14(13)2)24-20(26)12-30-22(28)15-9-21(27)25(11-15)18-10-16(23)7-8-19(18)29-3/h4-8,10,15H,9,11-12H2,1-3H3,(H,24,26)/t15-/m1/s1. The summed E-state index contributed by atoms with van der Waals surface area (Å²) >= 11 is 6.04. The molecule has 1 fully saturated rings. The van der Waals surface area contributed by atoms with Crippen LogP contribution in [0.15, 0.2) is 36.4 Å². The largest absolute Gasteiger partial charge is 0.495 e. The minimum absolute atomic E-state index is 0.00684. The Balaban J connectivity index is 1.59. The van der Waals surface area contributed by atoms with Crippen molar-refractivity contribution < 1.29 is 23.9 Å². The number of carbonyl (C=O) groups is 3. The van der Waals surface area contributed by atoms with Crippen molar-refractivity contribution in [2.75, 3.05) is 30.5 Å². The third kappa shape index (κ3) is 4.74. The maximum Gasteiger partial charge on any atom is 0.311 e. The molecule has 1 aliphatic heterocycles. The monoisotopic (exact) mass is 430 g/mol. The van der Waals surface area contributed by atoms with E-state index < -0.39 is 24.4 Å². The van der Waals surface area contributed by atoms with Crippen LogP contribution >= 0.6 is 11.6 Å². The van der Waals surface area contributed by atoms with Crippen LogP contribution in [0.25, 0.3) is 0 Å². The second-order valence-corrected chi connectivity index (χ2v) is 7.56. The Hall–Kier alpha value is -3.06. The molecule has 158 valence electrons. The number of ether oxygens (including phenoxy) is 2. The van der Waals surface area contributed by atoms with E-state index in [-0.39, 0.29) is 18.9 Å². The molecule has 0 radical (unpaired) electrons. The summed E-state index contributed by atoms with van der Waals surface area (Å²) in [5.41, 5.74) is 3.17. The van der Waals surface area contributed by atoms with E-state index in [1.54, 1.807) is 24.3 Å². The Morgan fingerprint density at radius 2 is 2.00 bits per heavy atom. The van der Waals surface area contributed by atoms with E-state index in [1.807, 2.05) is 26.0 Å². The Kier molecular flexibility index (Phi) is 6.62. The third-order valence-electron chi connectivity index (χ3n) is 5.11. The van der Waals surface area contributed by atoms with E-state index in [4.69, 9.17) is 21.1 Å². The van der Waals surface area contributed by atoms with Gasteiger partial charge in [0.1, 0.15) is 5.75 Å².